The van der Waals surface area contributed by atoms with Gasteiger partial charge in [-0.3, -0.25) is 0 Å². The molecule has 0 aromatic heterocycles. The summed E-state index contributed by atoms with van der Waals surface area (Å²) in [5.41, 5.74) is 13.6. The molecule has 0 N–H and O–H groups in total. The average molecular weight is 652 g/mol. The fraction of sp³-hybridized carbons (Fsp3) is 0.0400. The van der Waals surface area contributed by atoms with Crippen LogP contribution in [0.1, 0.15) is 11.1 Å². The number of rotatable bonds is 6. The molecular formula is C50H37N. The molecule has 51 heavy (non-hydrogen) atoms. The van der Waals surface area contributed by atoms with Gasteiger partial charge in [0.05, 0.1) is 0 Å². The van der Waals surface area contributed by atoms with Crippen molar-refractivity contribution in [3.8, 4) is 33.4 Å². The van der Waals surface area contributed by atoms with Crippen LogP contribution in [0.4, 0.5) is 17.1 Å². The first kappa shape index (κ1) is 30.6. The highest BCUT2D eigenvalue weighted by atomic mass is 15.1. The SMILES string of the molecule is Cc1cc(-c2c3ccccc3c(-c3cccc4ccccc34)c3ccccc23)c(C)cc1-c1ccc(N(c2ccccc2)c2ccccc2)cc1. The largest absolute Gasteiger partial charge is 0.311 e. The van der Waals surface area contributed by atoms with Crippen molar-refractivity contribution in [3.63, 3.8) is 0 Å². The van der Waals surface area contributed by atoms with E-state index in [1.54, 1.807) is 0 Å². The van der Waals surface area contributed by atoms with Crippen LogP contribution in [-0.2, 0) is 0 Å². The van der Waals surface area contributed by atoms with E-state index in [1.165, 1.54) is 76.8 Å². The average Bonchev–Trinajstić information content (AvgIpc) is 3.19. The summed E-state index contributed by atoms with van der Waals surface area (Å²) in [6, 6.07) is 68.3. The number of anilines is 3. The van der Waals surface area contributed by atoms with Gasteiger partial charge >= 0.3 is 0 Å². The Labute approximate surface area is 299 Å². The molecule has 0 spiro atoms. The van der Waals surface area contributed by atoms with Gasteiger partial charge in [0.25, 0.3) is 0 Å². The van der Waals surface area contributed by atoms with E-state index < -0.39 is 0 Å². The molecule has 0 fully saturated rings. The maximum atomic E-state index is 2.41. The fourth-order valence-electron chi connectivity index (χ4n) is 7.94. The van der Waals surface area contributed by atoms with Gasteiger partial charge in [0.1, 0.15) is 0 Å². The molecule has 0 aliphatic carbocycles. The standard InChI is InChI=1S/C50H37N/c1-34-33-48(35(2)32-47(34)37-28-30-40(31-29-37)51(38-18-5-3-6-19-38)39-20-7-4-8-21-39)50-45-25-13-11-23-43(45)49(44-24-12-14-26-46(44)50)42-27-15-17-36-16-9-10-22-41(36)42/h3-33H,1-2H3. The van der Waals surface area contributed by atoms with Crippen LogP contribution < -0.4 is 4.90 Å². The van der Waals surface area contributed by atoms with Crippen molar-refractivity contribution in [1.29, 1.82) is 0 Å². The monoisotopic (exact) mass is 651 g/mol. The summed E-state index contributed by atoms with van der Waals surface area (Å²) in [6.07, 6.45) is 0. The molecule has 0 radical (unpaired) electrons. The smallest absolute Gasteiger partial charge is 0.0462 e. The topological polar surface area (TPSA) is 3.24 Å². The Morgan fingerprint density at radius 3 is 1.29 bits per heavy atom. The summed E-state index contributed by atoms with van der Waals surface area (Å²) in [6.45, 7) is 4.52. The van der Waals surface area contributed by atoms with Gasteiger partial charge < -0.3 is 4.90 Å². The molecule has 9 aromatic rings. The van der Waals surface area contributed by atoms with E-state index >= 15 is 0 Å². The second-order valence-corrected chi connectivity index (χ2v) is 13.4. The number of para-hydroxylation sites is 2. The van der Waals surface area contributed by atoms with Crippen LogP contribution in [0.15, 0.2) is 188 Å². The molecule has 0 atom stereocenters. The third-order valence-electron chi connectivity index (χ3n) is 10.3. The van der Waals surface area contributed by atoms with Crippen molar-refractivity contribution in [2.24, 2.45) is 0 Å². The molecule has 0 heterocycles. The zero-order chi connectivity index (χ0) is 34.3. The Morgan fingerprint density at radius 2 is 0.725 bits per heavy atom. The number of hydrogen-bond donors (Lipinski definition) is 0. The Kier molecular flexibility index (Phi) is 7.67. The van der Waals surface area contributed by atoms with E-state index in [1.807, 2.05) is 0 Å². The van der Waals surface area contributed by atoms with Gasteiger partial charge in [-0.2, -0.15) is 0 Å². The molecule has 0 amide bonds. The zero-order valence-corrected chi connectivity index (χ0v) is 28.8. The van der Waals surface area contributed by atoms with Crippen molar-refractivity contribution in [2.45, 2.75) is 13.8 Å². The highest BCUT2D eigenvalue weighted by Crippen LogP contribution is 2.47. The molecular weight excluding hydrogens is 615 g/mol. The van der Waals surface area contributed by atoms with Crippen molar-refractivity contribution < 1.29 is 0 Å². The Morgan fingerprint density at radius 1 is 0.314 bits per heavy atom. The first-order chi connectivity index (χ1) is 25.2. The molecule has 1 heteroatoms. The molecule has 0 saturated heterocycles. The van der Waals surface area contributed by atoms with Crippen LogP contribution in [0.5, 0.6) is 0 Å². The van der Waals surface area contributed by atoms with E-state index in [-0.39, 0.29) is 0 Å². The number of nitrogens with zero attached hydrogens (tertiary/aromatic N) is 1. The molecule has 0 bridgehead atoms. The summed E-state index contributed by atoms with van der Waals surface area (Å²) in [7, 11) is 0. The second kappa shape index (κ2) is 12.8. The lowest BCUT2D eigenvalue weighted by atomic mass is 9.83. The van der Waals surface area contributed by atoms with Crippen LogP contribution in [0.3, 0.4) is 0 Å². The number of benzene rings is 9. The molecule has 0 saturated carbocycles. The maximum Gasteiger partial charge on any atom is 0.0462 e. The number of hydrogen-bond acceptors (Lipinski definition) is 1. The predicted octanol–water partition coefficient (Wildman–Crippen LogP) is 14.2. The van der Waals surface area contributed by atoms with Gasteiger partial charge in [0.15, 0.2) is 0 Å². The minimum Gasteiger partial charge on any atom is -0.311 e. The molecule has 0 aliphatic heterocycles. The molecule has 9 rings (SSSR count). The Hall–Kier alpha value is -6.44. The first-order valence-corrected chi connectivity index (χ1v) is 17.7. The van der Waals surface area contributed by atoms with Gasteiger partial charge in [-0.15, -0.1) is 0 Å². The third-order valence-corrected chi connectivity index (χ3v) is 10.3. The van der Waals surface area contributed by atoms with Crippen LogP contribution in [0.2, 0.25) is 0 Å². The van der Waals surface area contributed by atoms with E-state index in [0.717, 1.165) is 17.1 Å². The summed E-state index contributed by atoms with van der Waals surface area (Å²) in [5.74, 6) is 0. The van der Waals surface area contributed by atoms with E-state index in [9.17, 15) is 0 Å². The van der Waals surface area contributed by atoms with Crippen LogP contribution >= 0.6 is 0 Å². The Balaban J connectivity index is 1.18. The van der Waals surface area contributed by atoms with E-state index in [0.29, 0.717) is 0 Å². The normalized spacial score (nSPS) is 11.3. The minimum absolute atomic E-state index is 1.13. The molecule has 9 aromatic carbocycles. The van der Waals surface area contributed by atoms with Gasteiger partial charge in [-0.1, -0.05) is 152 Å². The van der Waals surface area contributed by atoms with Crippen LogP contribution in [0, 0.1) is 13.8 Å². The van der Waals surface area contributed by atoms with E-state index in [4.69, 9.17) is 0 Å². The quantitative estimate of drug-likeness (QED) is 0.162. The lowest BCUT2D eigenvalue weighted by molar-refractivity contribution is 1.28. The molecule has 0 aliphatic rings. The van der Waals surface area contributed by atoms with Crippen molar-refractivity contribution in [2.75, 3.05) is 4.90 Å². The van der Waals surface area contributed by atoms with Gasteiger partial charge in [-0.05, 0) is 127 Å². The maximum absolute atomic E-state index is 2.41. The first-order valence-electron chi connectivity index (χ1n) is 17.7. The van der Waals surface area contributed by atoms with Crippen molar-refractivity contribution in [1.82, 2.24) is 0 Å². The highest BCUT2D eigenvalue weighted by Gasteiger charge is 2.20. The van der Waals surface area contributed by atoms with Crippen molar-refractivity contribution in [3.05, 3.63) is 199 Å². The van der Waals surface area contributed by atoms with Gasteiger partial charge in [0, 0.05) is 17.1 Å². The zero-order valence-electron chi connectivity index (χ0n) is 28.8. The second-order valence-electron chi connectivity index (χ2n) is 13.4. The Bertz CT molecular complexity index is 2590. The van der Waals surface area contributed by atoms with E-state index in [2.05, 4.69) is 207 Å². The summed E-state index contributed by atoms with van der Waals surface area (Å²) < 4.78 is 0. The third kappa shape index (κ3) is 5.35. The number of aryl methyl sites for hydroxylation is 2. The molecule has 1 nitrogen and oxygen atoms in total. The van der Waals surface area contributed by atoms with Gasteiger partial charge in [0.2, 0.25) is 0 Å². The molecule has 242 valence electrons. The minimum atomic E-state index is 1.13. The van der Waals surface area contributed by atoms with Gasteiger partial charge in [-0.25, -0.2) is 0 Å². The summed E-state index contributed by atoms with van der Waals surface area (Å²) in [5, 5.41) is 7.65. The van der Waals surface area contributed by atoms with Crippen LogP contribution in [0.25, 0.3) is 65.7 Å². The number of fused-ring (bicyclic) bond motifs is 3. The lowest BCUT2D eigenvalue weighted by Gasteiger charge is -2.25. The lowest BCUT2D eigenvalue weighted by Crippen LogP contribution is -2.09. The van der Waals surface area contributed by atoms with Crippen LogP contribution in [-0.4, -0.2) is 0 Å². The fourth-order valence-corrected chi connectivity index (χ4v) is 7.94. The molecule has 0 unspecified atom stereocenters. The van der Waals surface area contributed by atoms with Crippen molar-refractivity contribution >= 4 is 49.4 Å². The highest BCUT2D eigenvalue weighted by molar-refractivity contribution is 6.23. The predicted molar refractivity (Wildman–Crippen MR) is 219 cm³/mol. The summed E-state index contributed by atoms with van der Waals surface area (Å²) in [4.78, 5) is 2.31. The summed E-state index contributed by atoms with van der Waals surface area (Å²) >= 11 is 0.